The molecule has 0 saturated heterocycles. The average molecular weight is 196 g/mol. The van der Waals surface area contributed by atoms with Gasteiger partial charge >= 0.3 is 5.97 Å². The number of rotatable bonds is 2. The Kier molecular flexibility index (Phi) is 2.02. The molecule has 0 unspecified atom stereocenters. The lowest BCUT2D eigenvalue weighted by atomic mass is 10.6. The molecular formula is C8H8N2O2S. The van der Waals surface area contributed by atoms with Gasteiger partial charge in [0.15, 0.2) is 0 Å². The zero-order chi connectivity index (χ0) is 9.26. The maximum Gasteiger partial charge on any atom is 0.302 e. The Morgan fingerprint density at radius 2 is 2.62 bits per heavy atom. The molecular weight excluding hydrogens is 188 g/mol. The number of hydrogen-bond acceptors (Lipinski definition) is 4. The molecule has 5 heteroatoms. The molecule has 68 valence electrons. The molecule has 4 nitrogen and oxygen atoms in total. The molecule has 0 spiro atoms. The molecule has 0 radical (unpaired) electrons. The molecule has 2 aromatic rings. The minimum absolute atomic E-state index is 0.254. The Bertz CT molecular complexity index is 403. The summed E-state index contributed by atoms with van der Waals surface area (Å²) in [6.45, 7) is 1.75. The molecule has 2 aromatic heterocycles. The molecule has 13 heavy (non-hydrogen) atoms. The van der Waals surface area contributed by atoms with Crippen LogP contribution in [0.5, 0.6) is 0 Å². The van der Waals surface area contributed by atoms with Crippen molar-refractivity contribution in [2.45, 2.75) is 13.5 Å². The number of carbonyl (C=O) groups excluding carboxylic acids is 1. The molecule has 0 fully saturated rings. The van der Waals surface area contributed by atoms with Gasteiger partial charge < -0.3 is 4.74 Å². The molecule has 0 aliphatic heterocycles. The molecule has 0 saturated carbocycles. The van der Waals surface area contributed by atoms with Gasteiger partial charge in [0.2, 0.25) is 0 Å². The van der Waals surface area contributed by atoms with Crippen LogP contribution in [0, 0.1) is 0 Å². The van der Waals surface area contributed by atoms with Crippen molar-refractivity contribution >= 4 is 22.1 Å². The fourth-order valence-corrected chi connectivity index (χ4v) is 1.90. The lowest BCUT2D eigenvalue weighted by molar-refractivity contribution is -0.142. The van der Waals surface area contributed by atoms with Gasteiger partial charge in [-0.2, -0.15) is 0 Å². The zero-order valence-corrected chi connectivity index (χ0v) is 7.87. The van der Waals surface area contributed by atoms with Crippen molar-refractivity contribution in [3.8, 4) is 0 Å². The molecule has 2 rings (SSSR count). The SMILES string of the molecule is CC(=O)OCc1cn2cncc2s1. The highest BCUT2D eigenvalue weighted by Crippen LogP contribution is 2.17. The van der Waals surface area contributed by atoms with E-state index in [1.54, 1.807) is 23.9 Å². The first kappa shape index (κ1) is 8.25. The highest BCUT2D eigenvalue weighted by molar-refractivity contribution is 7.17. The number of carbonyl (C=O) groups is 1. The number of esters is 1. The van der Waals surface area contributed by atoms with Crippen molar-refractivity contribution in [2.75, 3.05) is 0 Å². The Balaban J connectivity index is 2.15. The van der Waals surface area contributed by atoms with Crippen molar-refractivity contribution in [2.24, 2.45) is 0 Å². The number of imidazole rings is 1. The zero-order valence-electron chi connectivity index (χ0n) is 7.06. The minimum atomic E-state index is -0.254. The van der Waals surface area contributed by atoms with E-state index in [0.29, 0.717) is 6.61 Å². The van der Waals surface area contributed by atoms with E-state index in [-0.39, 0.29) is 5.97 Å². The summed E-state index contributed by atoms with van der Waals surface area (Å²) < 4.78 is 6.77. The molecule has 0 aromatic carbocycles. The Labute approximate surface area is 78.8 Å². The molecule has 2 heterocycles. The van der Waals surface area contributed by atoms with Crippen LogP contribution in [0.15, 0.2) is 18.7 Å². The number of ether oxygens (including phenoxy) is 1. The fourth-order valence-electron chi connectivity index (χ4n) is 1.02. The Morgan fingerprint density at radius 3 is 3.31 bits per heavy atom. The van der Waals surface area contributed by atoms with Gasteiger partial charge in [-0.25, -0.2) is 4.98 Å². The molecule has 0 aliphatic rings. The van der Waals surface area contributed by atoms with Gasteiger partial charge in [0.25, 0.3) is 0 Å². The Morgan fingerprint density at radius 1 is 1.77 bits per heavy atom. The van der Waals surface area contributed by atoms with E-state index in [9.17, 15) is 4.79 Å². The Hall–Kier alpha value is -1.36. The van der Waals surface area contributed by atoms with Crippen molar-refractivity contribution in [1.82, 2.24) is 9.38 Å². The number of nitrogens with zero attached hydrogens (tertiary/aromatic N) is 2. The number of fused-ring (bicyclic) bond motifs is 1. The van der Waals surface area contributed by atoms with Crippen molar-refractivity contribution in [1.29, 1.82) is 0 Å². The largest absolute Gasteiger partial charge is 0.460 e. The molecule has 0 aliphatic carbocycles. The summed E-state index contributed by atoms with van der Waals surface area (Å²) in [5, 5.41) is 0. The van der Waals surface area contributed by atoms with Gasteiger partial charge in [0, 0.05) is 13.1 Å². The van der Waals surface area contributed by atoms with E-state index >= 15 is 0 Å². The summed E-state index contributed by atoms with van der Waals surface area (Å²) in [5.41, 5.74) is 0. The lowest BCUT2D eigenvalue weighted by Crippen LogP contribution is -1.96. The van der Waals surface area contributed by atoms with Crippen LogP contribution in [0.25, 0.3) is 4.83 Å². The first-order valence-corrected chi connectivity index (χ1v) is 4.61. The summed E-state index contributed by atoms with van der Waals surface area (Å²) in [6.07, 6.45) is 5.42. The van der Waals surface area contributed by atoms with Gasteiger partial charge in [-0.3, -0.25) is 9.20 Å². The first-order valence-electron chi connectivity index (χ1n) is 3.79. The van der Waals surface area contributed by atoms with Gasteiger partial charge in [-0.1, -0.05) is 0 Å². The highest BCUT2D eigenvalue weighted by atomic mass is 32.1. The third-order valence-electron chi connectivity index (χ3n) is 1.57. The van der Waals surface area contributed by atoms with Crippen LogP contribution in [0.2, 0.25) is 0 Å². The van der Waals surface area contributed by atoms with Crippen LogP contribution in [-0.2, 0) is 16.1 Å². The molecule has 0 bridgehead atoms. The summed E-state index contributed by atoms with van der Waals surface area (Å²) in [7, 11) is 0. The first-order chi connectivity index (χ1) is 6.25. The topological polar surface area (TPSA) is 43.6 Å². The van der Waals surface area contributed by atoms with Gasteiger partial charge in [0.05, 0.1) is 17.4 Å². The number of hydrogen-bond donors (Lipinski definition) is 0. The summed E-state index contributed by atoms with van der Waals surface area (Å²) in [4.78, 5) is 16.6. The monoisotopic (exact) mass is 196 g/mol. The number of thiazole rings is 1. The standard InChI is InChI=1S/C8H8N2O2S/c1-6(11)12-4-7-3-10-5-9-2-8(10)13-7/h2-3,5H,4H2,1H3. The van der Waals surface area contributed by atoms with Gasteiger partial charge in [-0.05, 0) is 0 Å². The summed E-state index contributed by atoms with van der Waals surface area (Å²) in [5.74, 6) is -0.254. The van der Waals surface area contributed by atoms with E-state index in [4.69, 9.17) is 4.74 Å². The van der Waals surface area contributed by atoms with Crippen LogP contribution >= 0.6 is 11.3 Å². The van der Waals surface area contributed by atoms with Crippen LogP contribution < -0.4 is 0 Å². The third-order valence-corrected chi connectivity index (χ3v) is 2.58. The van der Waals surface area contributed by atoms with E-state index in [0.717, 1.165) is 9.71 Å². The van der Waals surface area contributed by atoms with Gasteiger partial charge in [-0.15, -0.1) is 11.3 Å². The number of aromatic nitrogens is 2. The smallest absolute Gasteiger partial charge is 0.302 e. The predicted octanol–water partition coefficient (Wildman–Crippen LogP) is 1.46. The van der Waals surface area contributed by atoms with Crippen molar-refractivity contribution < 1.29 is 9.53 Å². The molecule has 0 atom stereocenters. The normalized spacial score (nSPS) is 10.5. The van der Waals surface area contributed by atoms with E-state index in [1.807, 2.05) is 10.6 Å². The van der Waals surface area contributed by atoms with Crippen molar-refractivity contribution in [3.05, 3.63) is 23.6 Å². The molecule has 0 N–H and O–H groups in total. The second kappa shape index (κ2) is 3.18. The third kappa shape index (κ3) is 1.70. The maximum absolute atomic E-state index is 10.5. The summed E-state index contributed by atoms with van der Waals surface area (Å²) >= 11 is 1.57. The quantitative estimate of drug-likeness (QED) is 0.683. The van der Waals surface area contributed by atoms with Crippen LogP contribution in [0.1, 0.15) is 11.8 Å². The van der Waals surface area contributed by atoms with E-state index in [2.05, 4.69) is 4.98 Å². The second-order valence-electron chi connectivity index (χ2n) is 2.62. The second-order valence-corrected chi connectivity index (χ2v) is 3.76. The highest BCUT2D eigenvalue weighted by Gasteiger charge is 2.02. The van der Waals surface area contributed by atoms with Crippen LogP contribution in [0.3, 0.4) is 0 Å². The maximum atomic E-state index is 10.5. The summed E-state index contributed by atoms with van der Waals surface area (Å²) in [6, 6.07) is 0. The van der Waals surface area contributed by atoms with Gasteiger partial charge in [0.1, 0.15) is 11.4 Å². The molecule has 0 amide bonds. The minimum Gasteiger partial charge on any atom is -0.460 e. The fraction of sp³-hybridized carbons (Fsp3) is 0.250. The van der Waals surface area contributed by atoms with E-state index in [1.165, 1.54) is 6.92 Å². The van der Waals surface area contributed by atoms with Crippen molar-refractivity contribution in [3.63, 3.8) is 0 Å². The van der Waals surface area contributed by atoms with Crippen LogP contribution in [0.4, 0.5) is 0 Å². The lowest BCUT2D eigenvalue weighted by Gasteiger charge is -1.95. The van der Waals surface area contributed by atoms with E-state index < -0.39 is 0 Å². The average Bonchev–Trinajstić information content (AvgIpc) is 2.58. The van der Waals surface area contributed by atoms with Crippen LogP contribution in [-0.4, -0.2) is 15.4 Å². The predicted molar refractivity (Wildman–Crippen MR) is 48.5 cm³/mol.